The van der Waals surface area contributed by atoms with Crippen molar-refractivity contribution in [1.29, 1.82) is 0 Å². The molecule has 0 spiro atoms. The van der Waals surface area contributed by atoms with E-state index in [0.717, 1.165) is 5.56 Å². The van der Waals surface area contributed by atoms with Crippen molar-refractivity contribution < 1.29 is 17.5 Å². The number of rotatable bonds is 4. The molecule has 0 radical (unpaired) electrons. The van der Waals surface area contributed by atoms with Crippen LogP contribution >= 0.6 is 0 Å². The van der Waals surface area contributed by atoms with E-state index in [1.54, 1.807) is 6.92 Å². The van der Waals surface area contributed by atoms with Crippen molar-refractivity contribution in [2.24, 2.45) is 0 Å². The molecule has 2 unspecified atom stereocenters. The Morgan fingerprint density at radius 3 is 2.56 bits per heavy atom. The summed E-state index contributed by atoms with van der Waals surface area (Å²) < 4.78 is 46.7. The topological polar surface area (TPSA) is 46.6 Å². The second kappa shape index (κ2) is 7.23. The first-order chi connectivity index (χ1) is 11.9. The first kappa shape index (κ1) is 18.0. The number of sulfonamides is 1. The molecule has 25 heavy (non-hydrogen) atoms. The second-order valence-corrected chi connectivity index (χ2v) is 8.40. The maximum absolute atomic E-state index is 13.3. The minimum absolute atomic E-state index is 0.154. The van der Waals surface area contributed by atoms with E-state index in [2.05, 4.69) is 0 Å². The molecule has 3 rings (SSSR count). The largest absolute Gasteiger partial charge is 0.372 e. The van der Waals surface area contributed by atoms with Gasteiger partial charge in [0.25, 0.3) is 0 Å². The number of aryl methyl sites for hydroxylation is 1. The van der Waals surface area contributed by atoms with Crippen molar-refractivity contribution in [3.63, 3.8) is 0 Å². The Morgan fingerprint density at radius 1 is 1.16 bits per heavy atom. The van der Waals surface area contributed by atoms with Crippen LogP contribution in [0.4, 0.5) is 4.39 Å². The molecule has 1 saturated heterocycles. The van der Waals surface area contributed by atoms with Crippen LogP contribution in [0.3, 0.4) is 0 Å². The summed E-state index contributed by atoms with van der Waals surface area (Å²) in [6, 6.07) is 13.6. The maximum Gasteiger partial charge on any atom is 0.243 e. The van der Waals surface area contributed by atoms with E-state index in [1.165, 1.54) is 22.5 Å². The Bertz CT molecular complexity index is 839. The van der Waals surface area contributed by atoms with Crippen molar-refractivity contribution in [3.05, 3.63) is 65.5 Å². The van der Waals surface area contributed by atoms with E-state index in [1.807, 2.05) is 37.3 Å². The Hall–Kier alpha value is -1.76. The molecule has 2 atom stereocenters. The quantitative estimate of drug-likeness (QED) is 0.838. The van der Waals surface area contributed by atoms with Gasteiger partial charge in [-0.3, -0.25) is 0 Å². The summed E-state index contributed by atoms with van der Waals surface area (Å²) in [6.07, 6.45) is 0.249. The number of morpholine rings is 1. The lowest BCUT2D eigenvalue weighted by Gasteiger charge is -2.36. The van der Waals surface area contributed by atoms with Gasteiger partial charge in [0.1, 0.15) is 5.82 Å². The molecular formula is C19H22FNO3S. The lowest BCUT2D eigenvalue weighted by molar-refractivity contribution is -0.0529. The zero-order valence-corrected chi connectivity index (χ0v) is 15.2. The summed E-state index contributed by atoms with van der Waals surface area (Å²) in [5, 5.41) is 0. The van der Waals surface area contributed by atoms with Crippen LogP contribution < -0.4 is 0 Å². The molecule has 2 aromatic rings. The van der Waals surface area contributed by atoms with Crippen molar-refractivity contribution in [1.82, 2.24) is 4.31 Å². The van der Waals surface area contributed by atoms with Gasteiger partial charge in [0, 0.05) is 13.1 Å². The molecule has 0 amide bonds. The fourth-order valence-electron chi connectivity index (χ4n) is 3.23. The fraction of sp³-hybridized carbons (Fsp3) is 0.368. The average Bonchev–Trinajstić information content (AvgIpc) is 2.55. The zero-order chi connectivity index (χ0) is 18.0. The zero-order valence-electron chi connectivity index (χ0n) is 14.4. The van der Waals surface area contributed by atoms with Gasteiger partial charge in [-0.25, -0.2) is 12.8 Å². The predicted octanol–water partition coefficient (Wildman–Crippen LogP) is 3.15. The molecule has 1 heterocycles. The van der Waals surface area contributed by atoms with E-state index in [4.69, 9.17) is 4.74 Å². The molecule has 0 aliphatic carbocycles. The van der Waals surface area contributed by atoms with Crippen LogP contribution in [-0.2, 0) is 21.2 Å². The summed E-state index contributed by atoms with van der Waals surface area (Å²) in [4.78, 5) is 0.154. The van der Waals surface area contributed by atoms with Gasteiger partial charge in [0.05, 0.1) is 17.1 Å². The SMILES string of the molecule is Cc1cc(F)ccc1S(=O)(=O)N1CC(C)OC(Cc2ccccc2)C1. The molecule has 1 aliphatic heterocycles. The lowest BCUT2D eigenvalue weighted by Crippen LogP contribution is -2.49. The van der Waals surface area contributed by atoms with Crippen LogP contribution in [0.1, 0.15) is 18.1 Å². The van der Waals surface area contributed by atoms with Crippen molar-refractivity contribution in [3.8, 4) is 0 Å². The third-order valence-corrected chi connectivity index (χ3v) is 6.35. The monoisotopic (exact) mass is 363 g/mol. The minimum Gasteiger partial charge on any atom is -0.372 e. The van der Waals surface area contributed by atoms with Gasteiger partial charge in [0.2, 0.25) is 10.0 Å². The smallest absolute Gasteiger partial charge is 0.243 e. The summed E-state index contributed by atoms with van der Waals surface area (Å²) in [5.41, 5.74) is 1.52. The molecular weight excluding hydrogens is 341 g/mol. The van der Waals surface area contributed by atoms with E-state index < -0.39 is 15.8 Å². The number of halogens is 1. The van der Waals surface area contributed by atoms with Crippen molar-refractivity contribution >= 4 is 10.0 Å². The van der Waals surface area contributed by atoms with Crippen molar-refractivity contribution in [2.45, 2.75) is 37.4 Å². The molecule has 0 saturated carbocycles. The summed E-state index contributed by atoms with van der Waals surface area (Å²) >= 11 is 0. The fourth-order valence-corrected chi connectivity index (χ4v) is 4.98. The standard InChI is InChI=1S/C19H22FNO3S/c1-14-10-17(20)8-9-19(14)25(22,23)21-12-15(2)24-18(13-21)11-16-6-4-3-5-7-16/h3-10,15,18H,11-13H2,1-2H3. The van der Waals surface area contributed by atoms with E-state index in [-0.39, 0.29) is 17.1 Å². The molecule has 1 fully saturated rings. The van der Waals surface area contributed by atoms with Crippen LogP contribution in [0.15, 0.2) is 53.4 Å². The van der Waals surface area contributed by atoms with Crippen LogP contribution in [0.2, 0.25) is 0 Å². The molecule has 0 bridgehead atoms. The van der Waals surface area contributed by atoms with Gasteiger partial charge >= 0.3 is 0 Å². The third kappa shape index (κ3) is 4.08. The number of benzene rings is 2. The number of ether oxygens (including phenoxy) is 1. The molecule has 134 valence electrons. The normalized spacial score (nSPS) is 22.0. The van der Waals surface area contributed by atoms with Gasteiger partial charge in [-0.1, -0.05) is 30.3 Å². The highest BCUT2D eigenvalue weighted by Crippen LogP contribution is 2.25. The lowest BCUT2D eigenvalue weighted by atomic mass is 10.1. The molecule has 4 nitrogen and oxygen atoms in total. The molecule has 0 N–H and O–H groups in total. The first-order valence-electron chi connectivity index (χ1n) is 8.32. The number of nitrogens with zero attached hydrogens (tertiary/aromatic N) is 1. The van der Waals surface area contributed by atoms with Gasteiger partial charge in [-0.2, -0.15) is 4.31 Å². The Balaban J connectivity index is 1.83. The summed E-state index contributed by atoms with van der Waals surface area (Å²) in [6.45, 7) is 4.07. The third-order valence-electron chi connectivity index (χ3n) is 4.35. The highest BCUT2D eigenvalue weighted by molar-refractivity contribution is 7.89. The molecule has 6 heteroatoms. The first-order valence-corrected chi connectivity index (χ1v) is 9.76. The maximum atomic E-state index is 13.3. The van der Waals surface area contributed by atoms with Crippen LogP contribution in [0.5, 0.6) is 0 Å². The second-order valence-electron chi connectivity index (χ2n) is 6.49. The van der Waals surface area contributed by atoms with Gasteiger partial charge in [-0.05, 0) is 49.6 Å². The van der Waals surface area contributed by atoms with E-state index >= 15 is 0 Å². The summed E-state index contributed by atoms with van der Waals surface area (Å²) in [7, 11) is -3.68. The molecule has 1 aliphatic rings. The molecule has 0 aromatic heterocycles. The Kier molecular flexibility index (Phi) is 5.22. The Morgan fingerprint density at radius 2 is 1.88 bits per heavy atom. The van der Waals surface area contributed by atoms with Crippen LogP contribution in [-0.4, -0.2) is 38.0 Å². The minimum atomic E-state index is -3.68. The Labute approximate surface area is 148 Å². The van der Waals surface area contributed by atoms with Crippen LogP contribution in [0, 0.1) is 12.7 Å². The number of hydrogen-bond acceptors (Lipinski definition) is 3. The predicted molar refractivity (Wildman–Crippen MR) is 94.4 cm³/mol. The van der Waals surface area contributed by atoms with Gasteiger partial charge < -0.3 is 4.74 Å². The van der Waals surface area contributed by atoms with Gasteiger partial charge in [0.15, 0.2) is 0 Å². The van der Waals surface area contributed by atoms with E-state index in [9.17, 15) is 12.8 Å². The van der Waals surface area contributed by atoms with Crippen molar-refractivity contribution in [2.75, 3.05) is 13.1 Å². The molecule has 2 aromatic carbocycles. The average molecular weight is 363 g/mol. The van der Waals surface area contributed by atoms with Gasteiger partial charge in [-0.15, -0.1) is 0 Å². The number of hydrogen-bond donors (Lipinski definition) is 0. The van der Waals surface area contributed by atoms with E-state index in [0.29, 0.717) is 25.1 Å². The summed E-state index contributed by atoms with van der Waals surface area (Å²) in [5.74, 6) is -0.436. The highest BCUT2D eigenvalue weighted by atomic mass is 32.2. The highest BCUT2D eigenvalue weighted by Gasteiger charge is 2.34. The van der Waals surface area contributed by atoms with Crippen LogP contribution in [0.25, 0.3) is 0 Å².